The largest absolute Gasteiger partial charge is 0.289 e. The monoisotopic (exact) mass is 382 g/mol. The average molecular weight is 382 g/mol. The summed E-state index contributed by atoms with van der Waals surface area (Å²) in [6.07, 6.45) is 0. The Kier molecular flexibility index (Phi) is 2.80. The van der Waals surface area contributed by atoms with E-state index in [0.717, 1.165) is 64.6 Å². The fourth-order valence-corrected chi connectivity index (χ4v) is 5.27. The zero-order chi connectivity index (χ0) is 20.0. The average Bonchev–Trinajstić information content (AvgIpc) is 3.26. The van der Waals surface area contributed by atoms with E-state index in [0.29, 0.717) is 0 Å². The van der Waals surface area contributed by atoms with Crippen molar-refractivity contribution in [3.05, 3.63) is 105 Å². The lowest BCUT2D eigenvalue weighted by Gasteiger charge is -2.07. The van der Waals surface area contributed by atoms with E-state index in [1.807, 2.05) is 60.7 Å². The topological polar surface area (TPSA) is 34.1 Å². The van der Waals surface area contributed by atoms with Gasteiger partial charge in [0.1, 0.15) is 0 Å². The van der Waals surface area contributed by atoms with Gasteiger partial charge in [-0.1, -0.05) is 78.9 Å². The first-order valence-electron chi connectivity index (χ1n) is 10.0. The van der Waals surface area contributed by atoms with Crippen molar-refractivity contribution in [1.82, 2.24) is 0 Å². The highest BCUT2D eigenvalue weighted by molar-refractivity contribution is 6.32. The molecule has 0 saturated carbocycles. The van der Waals surface area contributed by atoms with Crippen molar-refractivity contribution in [2.24, 2.45) is 0 Å². The van der Waals surface area contributed by atoms with E-state index in [2.05, 4.69) is 24.3 Å². The van der Waals surface area contributed by atoms with Gasteiger partial charge in [0.2, 0.25) is 0 Å². The van der Waals surface area contributed by atoms with Crippen LogP contribution in [0.2, 0.25) is 0 Å². The first kappa shape index (κ1) is 15.8. The molecule has 0 spiro atoms. The summed E-state index contributed by atoms with van der Waals surface area (Å²) >= 11 is 0. The molecule has 2 heteroatoms. The number of fused-ring (bicyclic) bond motifs is 11. The van der Waals surface area contributed by atoms with E-state index in [4.69, 9.17) is 0 Å². The summed E-state index contributed by atoms with van der Waals surface area (Å²) in [5, 5.41) is 11.0. The first-order valence-corrected chi connectivity index (χ1v) is 10.0. The third-order valence-corrected chi connectivity index (χ3v) is 6.56. The molecular weight excluding hydrogens is 368 g/mol. The standard InChI is InChI=1S/C28H14O2/c29-27-22-8-4-2-6-17(22)25-20-12-10-15-9-11-18-16-5-1-3-7-21(16)28(30)26(18)24(15)19(20)13-14-23(25)27/h1-14H. The zero-order valence-electron chi connectivity index (χ0n) is 15.9. The van der Waals surface area contributed by atoms with Gasteiger partial charge in [0.05, 0.1) is 0 Å². The number of benzene rings is 5. The first-order chi connectivity index (χ1) is 14.7. The van der Waals surface area contributed by atoms with Crippen LogP contribution in [-0.4, -0.2) is 0 Å². The van der Waals surface area contributed by atoms with Crippen LogP contribution >= 0.6 is 0 Å². The molecule has 0 radical (unpaired) electrons. The molecule has 0 saturated heterocycles. The van der Waals surface area contributed by atoms with Crippen LogP contribution in [0.5, 0.6) is 0 Å². The SMILES string of the molecule is O=c1c2ccccc2c2c1ccc1c2ccc2ccc3c4ccccc4c(=O)c3c21. The summed E-state index contributed by atoms with van der Waals surface area (Å²) in [6.45, 7) is 0. The van der Waals surface area contributed by atoms with E-state index in [-0.39, 0.29) is 10.9 Å². The van der Waals surface area contributed by atoms with Gasteiger partial charge in [-0.15, -0.1) is 0 Å². The molecule has 7 aromatic rings. The Morgan fingerprint density at radius 1 is 0.333 bits per heavy atom. The van der Waals surface area contributed by atoms with E-state index in [1.165, 1.54) is 0 Å². The van der Waals surface area contributed by atoms with Crippen molar-refractivity contribution < 1.29 is 0 Å². The normalized spacial score (nSPS) is 12.3. The Balaban J connectivity index is 1.82. The Morgan fingerprint density at radius 2 is 0.800 bits per heavy atom. The van der Waals surface area contributed by atoms with Crippen LogP contribution < -0.4 is 10.9 Å². The highest BCUT2D eigenvalue weighted by Crippen LogP contribution is 2.38. The van der Waals surface area contributed by atoms with Crippen molar-refractivity contribution in [2.45, 2.75) is 0 Å². The molecule has 0 amide bonds. The molecule has 2 nitrogen and oxygen atoms in total. The van der Waals surface area contributed by atoms with Crippen molar-refractivity contribution in [1.29, 1.82) is 0 Å². The lowest BCUT2D eigenvalue weighted by Crippen LogP contribution is -1.95. The summed E-state index contributed by atoms with van der Waals surface area (Å²) in [4.78, 5) is 26.3. The van der Waals surface area contributed by atoms with Crippen molar-refractivity contribution >= 4 is 64.6 Å². The lowest BCUT2D eigenvalue weighted by molar-refractivity contribution is 1.80. The highest BCUT2D eigenvalue weighted by atomic mass is 16.1. The van der Waals surface area contributed by atoms with Gasteiger partial charge in [-0.05, 0) is 38.4 Å². The minimum absolute atomic E-state index is 0.0735. The van der Waals surface area contributed by atoms with Gasteiger partial charge in [0, 0.05) is 32.3 Å². The molecular formula is C28H14O2. The molecule has 0 aliphatic heterocycles. The van der Waals surface area contributed by atoms with Gasteiger partial charge in [0.25, 0.3) is 0 Å². The van der Waals surface area contributed by atoms with Gasteiger partial charge in [-0.3, -0.25) is 9.59 Å². The smallest absolute Gasteiger partial charge is 0.194 e. The molecule has 0 aliphatic carbocycles. The molecule has 7 rings (SSSR count). The predicted octanol–water partition coefficient (Wildman–Crippen LogP) is 6.20. The second kappa shape index (κ2) is 5.31. The van der Waals surface area contributed by atoms with Crippen molar-refractivity contribution in [2.75, 3.05) is 0 Å². The fourth-order valence-electron chi connectivity index (χ4n) is 5.27. The maximum Gasteiger partial charge on any atom is 0.194 e. The molecule has 0 bridgehead atoms. The summed E-state index contributed by atoms with van der Waals surface area (Å²) in [6, 6.07) is 27.8. The Hall–Kier alpha value is -4.04. The van der Waals surface area contributed by atoms with Crippen LogP contribution in [0.15, 0.2) is 94.5 Å². The van der Waals surface area contributed by atoms with Crippen molar-refractivity contribution in [3.8, 4) is 0 Å². The van der Waals surface area contributed by atoms with Gasteiger partial charge in [-0.2, -0.15) is 0 Å². The third kappa shape index (κ3) is 1.75. The highest BCUT2D eigenvalue weighted by Gasteiger charge is 2.17. The summed E-state index contributed by atoms with van der Waals surface area (Å²) < 4.78 is 0. The summed E-state index contributed by atoms with van der Waals surface area (Å²) in [7, 11) is 0. The summed E-state index contributed by atoms with van der Waals surface area (Å²) in [5.74, 6) is 0. The minimum Gasteiger partial charge on any atom is -0.289 e. The van der Waals surface area contributed by atoms with E-state index in [9.17, 15) is 9.59 Å². The van der Waals surface area contributed by atoms with E-state index >= 15 is 0 Å². The molecule has 0 heterocycles. The van der Waals surface area contributed by atoms with Crippen LogP contribution in [-0.2, 0) is 0 Å². The molecule has 0 aliphatic rings. The van der Waals surface area contributed by atoms with Crippen molar-refractivity contribution in [3.63, 3.8) is 0 Å². The fraction of sp³-hybridized carbons (Fsp3) is 0. The Morgan fingerprint density at radius 3 is 1.53 bits per heavy atom. The van der Waals surface area contributed by atoms with Gasteiger partial charge < -0.3 is 0 Å². The third-order valence-electron chi connectivity index (χ3n) is 6.56. The van der Waals surface area contributed by atoms with Gasteiger partial charge in [0.15, 0.2) is 10.9 Å². The summed E-state index contributed by atoms with van der Waals surface area (Å²) in [5.41, 5.74) is 0.153. The predicted molar refractivity (Wildman–Crippen MR) is 126 cm³/mol. The van der Waals surface area contributed by atoms with Crippen LogP contribution in [0.1, 0.15) is 0 Å². The number of hydrogen-bond donors (Lipinski definition) is 0. The molecule has 138 valence electrons. The quantitative estimate of drug-likeness (QED) is 0.293. The van der Waals surface area contributed by atoms with Gasteiger partial charge >= 0.3 is 0 Å². The molecule has 0 fully saturated rings. The second-order valence-electron chi connectivity index (χ2n) is 7.98. The van der Waals surface area contributed by atoms with Crippen LogP contribution in [0.4, 0.5) is 0 Å². The number of hydrogen-bond acceptors (Lipinski definition) is 2. The molecule has 30 heavy (non-hydrogen) atoms. The maximum atomic E-state index is 13.4. The molecule has 0 aromatic heterocycles. The van der Waals surface area contributed by atoms with E-state index < -0.39 is 0 Å². The zero-order valence-corrected chi connectivity index (χ0v) is 15.9. The van der Waals surface area contributed by atoms with E-state index in [1.54, 1.807) is 0 Å². The van der Waals surface area contributed by atoms with Gasteiger partial charge in [-0.25, -0.2) is 0 Å². The van der Waals surface area contributed by atoms with Crippen LogP contribution in [0.3, 0.4) is 0 Å². The molecule has 0 atom stereocenters. The number of rotatable bonds is 0. The Labute approximate surface area is 170 Å². The molecule has 7 aromatic carbocycles. The minimum atomic E-state index is 0.0735. The Bertz CT molecular complexity index is 1930. The lowest BCUT2D eigenvalue weighted by atomic mass is 9.95. The molecule has 0 unspecified atom stereocenters. The molecule has 0 N–H and O–H groups in total. The maximum absolute atomic E-state index is 13.4. The second-order valence-corrected chi connectivity index (χ2v) is 7.98. The van der Waals surface area contributed by atoms with Crippen LogP contribution in [0.25, 0.3) is 64.6 Å². The van der Waals surface area contributed by atoms with Crippen LogP contribution in [0, 0.1) is 0 Å².